The van der Waals surface area contributed by atoms with E-state index in [1.807, 2.05) is 6.20 Å². The van der Waals surface area contributed by atoms with E-state index in [9.17, 15) is 0 Å². The van der Waals surface area contributed by atoms with E-state index in [0.29, 0.717) is 6.54 Å². The fourth-order valence-electron chi connectivity index (χ4n) is 1.92. The van der Waals surface area contributed by atoms with E-state index in [-0.39, 0.29) is 0 Å². The van der Waals surface area contributed by atoms with Crippen LogP contribution in [0, 0.1) is 0 Å². The van der Waals surface area contributed by atoms with Gasteiger partial charge in [-0.1, -0.05) is 16.6 Å². The standard InChI is InChI=1S/C10H13N5S/c11-5-7-6-15(14-13-7)10-12-8-3-1-2-4-9(8)16-10/h6H,1-5,11H2. The zero-order valence-electron chi connectivity index (χ0n) is 8.89. The Bertz CT molecular complexity index is 478. The molecular weight excluding hydrogens is 222 g/mol. The van der Waals surface area contributed by atoms with Crippen LogP contribution < -0.4 is 5.73 Å². The van der Waals surface area contributed by atoms with E-state index in [4.69, 9.17) is 5.73 Å². The molecule has 84 valence electrons. The average molecular weight is 235 g/mol. The van der Waals surface area contributed by atoms with E-state index in [2.05, 4.69) is 15.3 Å². The molecule has 0 saturated carbocycles. The second-order valence-corrected chi connectivity index (χ2v) is 4.99. The van der Waals surface area contributed by atoms with Gasteiger partial charge in [-0.2, -0.15) is 4.68 Å². The molecule has 0 atom stereocenters. The van der Waals surface area contributed by atoms with Gasteiger partial charge in [-0.3, -0.25) is 0 Å². The third-order valence-corrected chi connectivity index (χ3v) is 3.93. The topological polar surface area (TPSA) is 69.6 Å². The van der Waals surface area contributed by atoms with Crippen molar-refractivity contribution in [3.8, 4) is 5.13 Å². The van der Waals surface area contributed by atoms with Gasteiger partial charge < -0.3 is 5.73 Å². The van der Waals surface area contributed by atoms with E-state index < -0.39 is 0 Å². The summed E-state index contributed by atoms with van der Waals surface area (Å²) in [6.07, 6.45) is 6.64. The van der Waals surface area contributed by atoms with Crippen molar-refractivity contribution in [2.45, 2.75) is 32.2 Å². The van der Waals surface area contributed by atoms with Gasteiger partial charge in [0.05, 0.1) is 17.6 Å². The Morgan fingerprint density at radius 1 is 1.38 bits per heavy atom. The molecule has 2 N–H and O–H groups in total. The maximum atomic E-state index is 5.51. The van der Waals surface area contributed by atoms with Crippen molar-refractivity contribution in [3.63, 3.8) is 0 Å². The number of hydrogen-bond acceptors (Lipinski definition) is 5. The molecule has 0 radical (unpaired) electrons. The van der Waals surface area contributed by atoms with Crippen molar-refractivity contribution in [1.82, 2.24) is 20.0 Å². The summed E-state index contributed by atoms with van der Waals surface area (Å²) in [6.45, 7) is 0.422. The summed E-state index contributed by atoms with van der Waals surface area (Å²) >= 11 is 1.72. The lowest BCUT2D eigenvalue weighted by molar-refractivity contribution is 0.679. The van der Waals surface area contributed by atoms with Crippen LogP contribution in [-0.2, 0) is 19.4 Å². The predicted octanol–water partition coefficient (Wildman–Crippen LogP) is 1.06. The number of thiazole rings is 1. The molecule has 1 aliphatic rings. The lowest BCUT2D eigenvalue weighted by Gasteiger charge is -2.06. The second kappa shape index (κ2) is 3.95. The van der Waals surface area contributed by atoms with Crippen LogP contribution in [-0.4, -0.2) is 20.0 Å². The summed E-state index contributed by atoms with van der Waals surface area (Å²) in [4.78, 5) is 6.02. The SMILES string of the molecule is NCc1cn(-c2nc3c(s2)CCCC3)nn1. The highest BCUT2D eigenvalue weighted by Gasteiger charge is 2.16. The first-order valence-corrected chi connectivity index (χ1v) is 6.28. The van der Waals surface area contributed by atoms with Crippen LogP contribution in [0.15, 0.2) is 6.20 Å². The Kier molecular flexibility index (Phi) is 2.45. The van der Waals surface area contributed by atoms with Crippen LogP contribution >= 0.6 is 11.3 Å². The van der Waals surface area contributed by atoms with Crippen LogP contribution in [0.4, 0.5) is 0 Å². The molecule has 0 aromatic carbocycles. The number of nitrogens with two attached hydrogens (primary N) is 1. The first-order chi connectivity index (χ1) is 7.86. The third-order valence-electron chi connectivity index (χ3n) is 2.78. The van der Waals surface area contributed by atoms with Gasteiger partial charge in [-0.25, -0.2) is 4.98 Å². The average Bonchev–Trinajstić information content (AvgIpc) is 2.95. The zero-order chi connectivity index (χ0) is 11.0. The Labute approximate surface area is 97.3 Å². The minimum atomic E-state index is 0.422. The molecule has 0 saturated heterocycles. The molecule has 0 aliphatic heterocycles. The molecule has 16 heavy (non-hydrogen) atoms. The molecule has 6 heteroatoms. The van der Waals surface area contributed by atoms with Gasteiger partial charge >= 0.3 is 0 Å². The molecule has 0 bridgehead atoms. The summed E-state index contributed by atoms with van der Waals surface area (Å²) in [5.41, 5.74) is 7.55. The number of rotatable bonds is 2. The molecule has 2 aromatic rings. The smallest absolute Gasteiger partial charge is 0.212 e. The van der Waals surface area contributed by atoms with Gasteiger partial charge in [0.1, 0.15) is 0 Å². The van der Waals surface area contributed by atoms with Gasteiger partial charge in [-0.05, 0) is 25.7 Å². The molecule has 5 nitrogen and oxygen atoms in total. The van der Waals surface area contributed by atoms with Crippen molar-refractivity contribution >= 4 is 11.3 Å². The highest BCUT2D eigenvalue weighted by molar-refractivity contribution is 7.14. The maximum absolute atomic E-state index is 5.51. The second-order valence-electron chi connectivity index (χ2n) is 3.93. The van der Waals surface area contributed by atoms with Crippen molar-refractivity contribution < 1.29 is 0 Å². The minimum Gasteiger partial charge on any atom is -0.325 e. The van der Waals surface area contributed by atoms with Crippen molar-refractivity contribution in [2.75, 3.05) is 0 Å². The van der Waals surface area contributed by atoms with Gasteiger partial charge in [0.25, 0.3) is 0 Å². The first kappa shape index (κ1) is 9.92. The summed E-state index contributed by atoms with van der Waals surface area (Å²) in [5.74, 6) is 0. The summed E-state index contributed by atoms with van der Waals surface area (Å²) in [7, 11) is 0. The Morgan fingerprint density at radius 3 is 3.00 bits per heavy atom. The summed E-state index contributed by atoms with van der Waals surface area (Å²) in [6, 6.07) is 0. The van der Waals surface area contributed by atoms with Gasteiger partial charge in [0.15, 0.2) is 0 Å². The number of hydrogen-bond donors (Lipinski definition) is 1. The molecule has 2 heterocycles. The van der Waals surface area contributed by atoms with Gasteiger partial charge in [-0.15, -0.1) is 5.10 Å². The monoisotopic (exact) mass is 235 g/mol. The molecule has 1 aliphatic carbocycles. The van der Waals surface area contributed by atoms with Crippen LogP contribution in [0.3, 0.4) is 0 Å². The van der Waals surface area contributed by atoms with E-state index in [1.54, 1.807) is 16.0 Å². The van der Waals surface area contributed by atoms with Crippen LogP contribution in [0.1, 0.15) is 29.1 Å². The highest BCUT2D eigenvalue weighted by Crippen LogP contribution is 2.28. The molecule has 3 rings (SSSR count). The fraction of sp³-hybridized carbons (Fsp3) is 0.500. The van der Waals surface area contributed by atoms with Crippen LogP contribution in [0.5, 0.6) is 0 Å². The zero-order valence-corrected chi connectivity index (χ0v) is 9.70. The highest BCUT2D eigenvalue weighted by atomic mass is 32.1. The number of nitrogens with zero attached hydrogens (tertiary/aromatic N) is 4. The Balaban J connectivity index is 1.96. The molecule has 0 spiro atoms. The van der Waals surface area contributed by atoms with Crippen molar-refractivity contribution in [3.05, 3.63) is 22.5 Å². The Morgan fingerprint density at radius 2 is 2.25 bits per heavy atom. The largest absolute Gasteiger partial charge is 0.325 e. The fourth-order valence-corrected chi connectivity index (χ4v) is 2.99. The lowest BCUT2D eigenvalue weighted by atomic mass is 10.0. The lowest BCUT2D eigenvalue weighted by Crippen LogP contribution is -1.99. The van der Waals surface area contributed by atoms with Crippen LogP contribution in [0.25, 0.3) is 5.13 Å². The number of fused-ring (bicyclic) bond motifs is 1. The third kappa shape index (κ3) is 1.64. The maximum Gasteiger partial charge on any atom is 0.212 e. The predicted molar refractivity (Wildman–Crippen MR) is 61.6 cm³/mol. The number of aryl methyl sites for hydroxylation is 2. The summed E-state index contributed by atoms with van der Waals surface area (Å²) < 4.78 is 1.73. The van der Waals surface area contributed by atoms with Crippen molar-refractivity contribution in [2.24, 2.45) is 5.73 Å². The molecular formula is C10H13N5S. The van der Waals surface area contributed by atoms with E-state index in [1.165, 1.54) is 23.4 Å². The molecule has 0 fully saturated rings. The minimum absolute atomic E-state index is 0.422. The number of aromatic nitrogens is 4. The van der Waals surface area contributed by atoms with E-state index >= 15 is 0 Å². The van der Waals surface area contributed by atoms with E-state index in [0.717, 1.165) is 23.7 Å². The molecule has 0 amide bonds. The summed E-state index contributed by atoms with van der Waals surface area (Å²) in [5, 5.41) is 8.92. The van der Waals surface area contributed by atoms with Gasteiger partial charge in [0, 0.05) is 11.4 Å². The van der Waals surface area contributed by atoms with Crippen molar-refractivity contribution in [1.29, 1.82) is 0 Å². The Hall–Kier alpha value is -1.27. The molecule has 2 aromatic heterocycles. The normalized spacial score (nSPS) is 15.1. The van der Waals surface area contributed by atoms with Gasteiger partial charge in [0.2, 0.25) is 5.13 Å². The van der Waals surface area contributed by atoms with Crippen LogP contribution in [0.2, 0.25) is 0 Å². The molecule has 0 unspecified atom stereocenters. The quantitative estimate of drug-likeness (QED) is 0.845. The first-order valence-electron chi connectivity index (χ1n) is 5.47.